The molecule has 1 aliphatic heterocycles. The van der Waals surface area contributed by atoms with E-state index in [1.807, 2.05) is 30.3 Å². The largest absolute Gasteiger partial charge is 0.335 e. The van der Waals surface area contributed by atoms with E-state index >= 15 is 0 Å². The van der Waals surface area contributed by atoms with Gasteiger partial charge in [-0.1, -0.05) is 30.3 Å². The van der Waals surface area contributed by atoms with Gasteiger partial charge in [-0.3, -0.25) is 14.7 Å². The normalized spacial score (nSPS) is 18.6. The van der Waals surface area contributed by atoms with E-state index in [1.165, 1.54) is 6.20 Å². The molecule has 1 N–H and O–H groups in total. The lowest BCUT2D eigenvalue weighted by atomic mass is 10.1. The van der Waals surface area contributed by atoms with Gasteiger partial charge in [0.2, 0.25) is 5.91 Å². The number of benzene rings is 1. The van der Waals surface area contributed by atoms with Crippen LogP contribution in [-0.4, -0.2) is 50.9 Å². The number of amides is 2. The fraction of sp³-hybridized carbons (Fsp3) is 0.312. The Morgan fingerprint density at radius 1 is 1.32 bits per heavy atom. The number of H-pyrrole nitrogens is 1. The highest BCUT2D eigenvalue weighted by Crippen LogP contribution is 2.17. The van der Waals surface area contributed by atoms with Crippen LogP contribution in [0.4, 0.5) is 0 Å². The van der Waals surface area contributed by atoms with Crippen molar-refractivity contribution in [2.24, 2.45) is 0 Å². The van der Waals surface area contributed by atoms with Gasteiger partial charge in [-0.2, -0.15) is 5.10 Å². The predicted molar refractivity (Wildman–Crippen MR) is 80.9 cm³/mol. The number of aromatic amines is 1. The highest BCUT2D eigenvalue weighted by molar-refractivity contribution is 5.97. The van der Waals surface area contributed by atoms with Gasteiger partial charge in [0.25, 0.3) is 5.91 Å². The summed E-state index contributed by atoms with van der Waals surface area (Å²) in [5.74, 6) is -0.180. The van der Waals surface area contributed by atoms with Gasteiger partial charge in [0.15, 0.2) is 0 Å². The number of piperazine rings is 1. The summed E-state index contributed by atoms with van der Waals surface area (Å²) in [6.45, 7) is 3.43. The van der Waals surface area contributed by atoms with E-state index in [4.69, 9.17) is 0 Å². The maximum Gasteiger partial charge on any atom is 0.257 e. The highest BCUT2D eigenvalue weighted by atomic mass is 16.2. The molecule has 2 amide bonds. The number of carbonyl (C=O) groups excluding carboxylic acids is 2. The number of nitrogens with zero attached hydrogens (tertiary/aromatic N) is 3. The molecule has 114 valence electrons. The lowest BCUT2D eigenvalue weighted by Gasteiger charge is -2.39. The third kappa shape index (κ3) is 2.72. The van der Waals surface area contributed by atoms with E-state index in [1.54, 1.807) is 22.9 Å². The van der Waals surface area contributed by atoms with Crippen LogP contribution in [0, 0.1) is 0 Å². The lowest BCUT2D eigenvalue weighted by Crippen LogP contribution is -2.57. The predicted octanol–water partition coefficient (Wildman–Crippen LogP) is 1.28. The first-order chi connectivity index (χ1) is 10.7. The molecule has 1 aromatic heterocycles. The molecule has 0 spiro atoms. The Morgan fingerprint density at radius 2 is 2.09 bits per heavy atom. The minimum Gasteiger partial charge on any atom is -0.335 e. The minimum absolute atomic E-state index is 0.0213. The van der Waals surface area contributed by atoms with Crippen LogP contribution in [0.5, 0.6) is 0 Å². The highest BCUT2D eigenvalue weighted by Gasteiger charge is 2.34. The van der Waals surface area contributed by atoms with Gasteiger partial charge >= 0.3 is 0 Å². The van der Waals surface area contributed by atoms with E-state index in [0.29, 0.717) is 25.2 Å². The van der Waals surface area contributed by atoms with Crippen molar-refractivity contribution < 1.29 is 9.59 Å². The molecule has 1 saturated heterocycles. The molecule has 22 heavy (non-hydrogen) atoms. The molecule has 1 fully saturated rings. The van der Waals surface area contributed by atoms with Gasteiger partial charge in [-0.15, -0.1) is 0 Å². The van der Waals surface area contributed by atoms with Gasteiger partial charge < -0.3 is 9.80 Å². The molecule has 0 bridgehead atoms. The number of hydrogen-bond acceptors (Lipinski definition) is 3. The Balaban J connectivity index is 1.69. The van der Waals surface area contributed by atoms with Crippen molar-refractivity contribution in [2.45, 2.75) is 19.5 Å². The van der Waals surface area contributed by atoms with E-state index in [9.17, 15) is 9.59 Å². The molecule has 0 unspecified atom stereocenters. The summed E-state index contributed by atoms with van der Waals surface area (Å²) < 4.78 is 0. The molecule has 1 atom stereocenters. The van der Waals surface area contributed by atoms with Crippen molar-refractivity contribution in [1.29, 1.82) is 0 Å². The van der Waals surface area contributed by atoms with E-state index in [0.717, 1.165) is 5.56 Å². The van der Waals surface area contributed by atoms with Gasteiger partial charge in [0.1, 0.15) is 6.04 Å². The molecule has 0 aliphatic carbocycles. The van der Waals surface area contributed by atoms with Crippen LogP contribution in [0.3, 0.4) is 0 Å². The second-order valence-corrected chi connectivity index (χ2v) is 5.41. The van der Waals surface area contributed by atoms with Crippen LogP contribution in [0.25, 0.3) is 0 Å². The summed E-state index contributed by atoms with van der Waals surface area (Å²) in [7, 11) is 0. The molecule has 2 aromatic rings. The van der Waals surface area contributed by atoms with Gasteiger partial charge in [-0.05, 0) is 12.5 Å². The molecule has 6 heteroatoms. The van der Waals surface area contributed by atoms with Crippen molar-refractivity contribution in [3.63, 3.8) is 0 Å². The average Bonchev–Trinajstić information content (AvgIpc) is 3.07. The fourth-order valence-corrected chi connectivity index (χ4v) is 2.70. The first kappa shape index (κ1) is 14.3. The summed E-state index contributed by atoms with van der Waals surface area (Å²) in [5.41, 5.74) is 1.58. The quantitative estimate of drug-likeness (QED) is 0.928. The lowest BCUT2D eigenvalue weighted by molar-refractivity contribution is -0.140. The SMILES string of the molecule is C[C@@H]1C(=O)N(Cc2ccccc2)CCN1C(=O)c1cn[nH]c1. The molecule has 1 aromatic carbocycles. The van der Waals surface area contributed by atoms with Crippen LogP contribution in [-0.2, 0) is 11.3 Å². The minimum atomic E-state index is -0.458. The summed E-state index contributed by atoms with van der Waals surface area (Å²) in [4.78, 5) is 28.3. The molecule has 0 radical (unpaired) electrons. The number of hydrogen-bond donors (Lipinski definition) is 1. The summed E-state index contributed by atoms with van der Waals surface area (Å²) in [5, 5.41) is 6.41. The second-order valence-electron chi connectivity index (χ2n) is 5.41. The van der Waals surface area contributed by atoms with Crippen LogP contribution in [0.15, 0.2) is 42.7 Å². The smallest absolute Gasteiger partial charge is 0.257 e. The van der Waals surface area contributed by atoms with Gasteiger partial charge in [0, 0.05) is 25.8 Å². The number of carbonyl (C=O) groups is 2. The molecular formula is C16H18N4O2. The molecule has 6 nitrogen and oxygen atoms in total. The Labute approximate surface area is 128 Å². The standard InChI is InChI=1S/C16H18N4O2/c1-12-15(21)19(11-13-5-3-2-4-6-13)7-8-20(12)16(22)14-9-17-18-10-14/h2-6,9-10,12H,7-8,11H2,1H3,(H,17,18)/t12-/m1/s1. The van der Waals surface area contributed by atoms with Crippen LogP contribution < -0.4 is 0 Å². The van der Waals surface area contributed by atoms with Crippen LogP contribution in [0.1, 0.15) is 22.8 Å². The first-order valence-electron chi connectivity index (χ1n) is 7.29. The molecule has 3 rings (SSSR count). The average molecular weight is 298 g/mol. The first-order valence-corrected chi connectivity index (χ1v) is 7.29. The van der Waals surface area contributed by atoms with Crippen molar-refractivity contribution in [1.82, 2.24) is 20.0 Å². The van der Waals surface area contributed by atoms with Crippen LogP contribution in [0.2, 0.25) is 0 Å². The van der Waals surface area contributed by atoms with E-state index in [2.05, 4.69) is 10.2 Å². The van der Waals surface area contributed by atoms with Gasteiger partial charge in [-0.25, -0.2) is 0 Å². The summed E-state index contributed by atoms with van der Waals surface area (Å²) in [6, 6.07) is 9.42. The second kappa shape index (κ2) is 6.01. The molecule has 2 heterocycles. The van der Waals surface area contributed by atoms with Crippen molar-refractivity contribution in [3.8, 4) is 0 Å². The maximum absolute atomic E-state index is 12.5. The van der Waals surface area contributed by atoms with Crippen molar-refractivity contribution >= 4 is 11.8 Å². The monoisotopic (exact) mass is 298 g/mol. The molecule has 1 aliphatic rings. The Bertz CT molecular complexity index is 654. The van der Waals surface area contributed by atoms with Crippen LogP contribution >= 0.6 is 0 Å². The van der Waals surface area contributed by atoms with E-state index in [-0.39, 0.29) is 11.8 Å². The maximum atomic E-state index is 12.5. The van der Waals surface area contributed by atoms with Crippen molar-refractivity contribution in [3.05, 3.63) is 53.9 Å². The summed E-state index contributed by atoms with van der Waals surface area (Å²) >= 11 is 0. The zero-order valence-corrected chi connectivity index (χ0v) is 12.4. The third-order valence-corrected chi connectivity index (χ3v) is 3.97. The zero-order chi connectivity index (χ0) is 15.5. The Hall–Kier alpha value is -2.63. The molecule has 0 saturated carbocycles. The van der Waals surface area contributed by atoms with E-state index < -0.39 is 6.04 Å². The third-order valence-electron chi connectivity index (χ3n) is 3.97. The number of nitrogens with one attached hydrogen (secondary N) is 1. The number of aromatic nitrogens is 2. The fourth-order valence-electron chi connectivity index (χ4n) is 2.70. The van der Waals surface area contributed by atoms with Gasteiger partial charge in [0.05, 0.1) is 11.8 Å². The topological polar surface area (TPSA) is 69.3 Å². The molecular weight excluding hydrogens is 280 g/mol. The Kier molecular flexibility index (Phi) is 3.91. The zero-order valence-electron chi connectivity index (χ0n) is 12.4. The summed E-state index contributed by atoms with van der Waals surface area (Å²) in [6.07, 6.45) is 3.03. The number of rotatable bonds is 3. The van der Waals surface area contributed by atoms with Crippen molar-refractivity contribution in [2.75, 3.05) is 13.1 Å². The Morgan fingerprint density at radius 3 is 2.77 bits per heavy atom.